The predicted molar refractivity (Wildman–Crippen MR) is 94.3 cm³/mol. The van der Waals surface area contributed by atoms with Crippen molar-refractivity contribution < 1.29 is 4.79 Å². The number of nitrogens with zero attached hydrogens (tertiary/aromatic N) is 1. The van der Waals surface area contributed by atoms with Crippen LogP contribution in [0.2, 0.25) is 0 Å². The molecule has 1 N–H and O–H groups in total. The van der Waals surface area contributed by atoms with E-state index in [1.54, 1.807) is 6.21 Å². The summed E-state index contributed by atoms with van der Waals surface area (Å²) in [6.45, 7) is 6.43. The first kappa shape index (κ1) is 16.4. The van der Waals surface area contributed by atoms with Crippen LogP contribution in [0.5, 0.6) is 0 Å². The fourth-order valence-electron chi connectivity index (χ4n) is 1.93. The Hall–Kier alpha value is -1.94. The van der Waals surface area contributed by atoms with Gasteiger partial charge < -0.3 is 0 Å². The largest absolute Gasteiger partial charge is 0.271 e. The molecule has 0 radical (unpaired) electrons. The van der Waals surface area contributed by atoms with E-state index in [4.69, 9.17) is 0 Å². The highest BCUT2D eigenvalue weighted by Crippen LogP contribution is 2.22. The van der Waals surface area contributed by atoms with E-state index in [0.717, 1.165) is 10.0 Å². The van der Waals surface area contributed by atoms with Crippen molar-refractivity contribution >= 4 is 28.1 Å². The van der Waals surface area contributed by atoms with Gasteiger partial charge in [0.1, 0.15) is 0 Å². The maximum absolute atomic E-state index is 12.0. The van der Waals surface area contributed by atoms with E-state index in [1.165, 1.54) is 5.56 Å². The quantitative estimate of drug-likeness (QED) is 0.636. The van der Waals surface area contributed by atoms with Gasteiger partial charge in [0.15, 0.2) is 0 Å². The van der Waals surface area contributed by atoms with Crippen LogP contribution in [0.1, 0.15) is 42.3 Å². The van der Waals surface area contributed by atoms with Crippen molar-refractivity contribution in [2.75, 3.05) is 0 Å². The maximum Gasteiger partial charge on any atom is 0.271 e. The van der Waals surface area contributed by atoms with Gasteiger partial charge in [0.25, 0.3) is 5.91 Å². The van der Waals surface area contributed by atoms with E-state index in [0.29, 0.717) is 5.56 Å². The van der Waals surface area contributed by atoms with E-state index in [-0.39, 0.29) is 11.3 Å². The van der Waals surface area contributed by atoms with E-state index < -0.39 is 0 Å². The second-order valence-electron chi connectivity index (χ2n) is 6.05. The normalized spacial score (nSPS) is 11.6. The number of amides is 1. The van der Waals surface area contributed by atoms with Crippen molar-refractivity contribution in [3.05, 3.63) is 69.7 Å². The summed E-state index contributed by atoms with van der Waals surface area (Å²) in [5.41, 5.74) is 5.32. The van der Waals surface area contributed by atoms with Crippen LogP contribution in [-0.4, -0.2) is 12.1 Å². The first-order chi connectivity index (χ1) is 10.4. The molecular formula is C18H19BrN2O. The smallest absolute Gasteiger partial charge is 0.267 e. The third-order valence-corrected chi connectivity index (χ3v) is 4.01. The number of hydrogen-bond acceptors (Lipinski definition) is 2. The molecule has 0 atom stereocenters. The monoisotopic (exact) mass is 358 g/mol. The molecule has 0 saturated heterocycles. The first-order valence-corrected chi connectivity index (χ1v) is 7.86. The van der Waals surface area contributed by atoms with E-state index in [1.807, 2.05) is 48.5 Å². The number of nitrogens with one attached hydrogen (secondary N) is 1. The molecule has 2 aromatic rings. The number of carbonyl (C=O) groups excluding carboxylic acids is 1. The molecule has 0 heterocycles. The minimum absolute atomic E-state index is 0.0761. The van der Waals surface area contributed by atoms with Crippen LogP contribution in [0.3, 0.4) is 0 Å². The van der Waals surface area contributed by atoms with E-state index in [2.05, 4.69) is 47.2 Å². The van der Waals surface area contributed by atoms with Gasteiger partial charge >= 0.3 is 0 Å². The van der Waals surface area contributed by atoms with Crippen LogP contribution in [0.25, 0.3) is 0 Å². The van der Waals surface area contributed by atoms with Crippen molar-refractivity contribution in [1.29, 1.82) is 0 Å². The molecule has 0 aliphatic rings. The molecule has 0 saturated carbocycles. The second kappa shape index (κ2) is 6.88. The van der Waals surface area contributed by atoms with Crippen LogP contribution in [0, 0.1) is 0 Å². The van der Waals surface area contributed by atoms with Gasteiger partial charge in [-0.15, -0.1) is 0 Å². The minimum Gasteiger partial charge on any atom is -0.267 e. The standard InChI is InChI=1S/C18H19BrN2O/c1-18(2,3)15-10-8-13(9-11-15)17(22)21-20-12-14-6-4-5-7-16(14)19/h4-12H,1-3H3,(H,21,22)/b20-12-. The molecule has 114 valence electrons. The fraction of sp³-hybridized carbons (Fsp3) is 0.222. The Morgan fingerprint density at radius 3 is 2.32 bits per heavy atom. The summed E-state index contributed by atoms with van der Waals surface area (Å²) in [5, 5.41) is 4.00. The van der Waals surface area contributed by atoms with Gasteiger partial charge in [-0.2, -0.15) is 5.10 Å². The summed E-state index contributed by atoms with van der Waals surface area (Å²) in [7, 11) is 0. The molecule has 0 unspecified atom stereocenters. The van der Waals surface area contributed by atoms with Crippen LogP contribution < -0.4 is 5.43 Å². The van der Waals surface area contributed by atoms with Crippen LogP contribution in [0.15, 0.2) is 58.1 Å². The molecule has 2 rings (SSSR count). The predicted octanol–water partition coefficient (Wildman–Crippen LogP) is 4.51. The average molecular weight is 359 g/mol. The van der Waals surface area contributed by atoms with Crippen LogP contribution in [0.4, 0.5) is 0 Å². The Bertz CT molecular complexity index is 685. The number of hydrazone groups is 1. The molecule has 2 aromatic carbocycles. The summed E-state index contributed by atoms with van der Waals surface area (Å²) < 4.78 is 0.933. The van der Waals surface area contributed by atoms with E-state index in [9.17, 15) is 4.79 Å². The molecule has 4 heteroatoms. The lowest BCUT2D eigenvalue weighted by molar-refractivity contribution is 0.0955. The summed E-state index contributed by atoms with van der Waals surface area (Å²) in [4.78, 5) is 12.0. The van der Waals surface area contributed by atoms with Gasteiger partial charge in [0.2, 0.25) is 0 Å². The molecule has 3 nitrogen and oxygen atoms in total. The minimum atomic E-state index is -0.219. The fourth-order valence-corrected chi connectivity index (χ4v) is 2.31. The van der Waals surface area contributed by atoms with Gasteiger partial charge in [-0.05, 0) is 29.2 Å². The Kier molecular flexibility index (Phi) is 5.14. The Morgan fingerprint density at radius 1 is 1.09 bits per heavy atom. The maximum atomic E-state index is 12.0. The van der Waals surface area contributed by atoms with Gasteiger partial charge in [-0.25, -0.2) is 5.43 Å². The molecule has 0 aromatic heterocycles. The topological polar surface area (TPSA) is 41.5 Å². The third kappa shape index (κ3) is 4.28. The molecule has 22 heavy (non-hydrogen) atoms. The number of halogens is 1. The molecule has 0 aliphatic heterocycles. The zero-order valence-corrected chi connectivity index (χ0v) is 14.5. The molecule has 0 spiro atoms. The zero-order valence-electron chi connectivity index (χ0n) is 12.9. The lowest BCUT2D eigenvalue weighted by Gasteiger charge is -2.18. The molecule has 0 aliphatic carbocycles. The molecule has 0 bridgehead atoms. The molecule has 0 fully saturated rings. The number of rotatable bonds is 3. The highest BCUT2D eigenvalue weighted by Gasteiger charge is 2.14. The third-order valence-electron chi connectivity index (χ3n) is 3.29. The van der Waals surface area contributed by atoms with Gasteiger partial charge in [-0.1, -0.05) is 67.0 Å². The summed E-state index contributed by atoms with van der Waals surface area (Å²) in [6.07, 6.45) is 1.62. The Labute approximate surface area is 139 Å². The van der Waals surface area contributed by atoms with Crippen molar-refractivity contribution in [2.24, 2.45) is 5.10 Å². The van der Waals surface area contributed by atoms with Crippen molar-refractivity contribution in [3.8, 4) is 0 Å². The van der Waals surface area contributed by atoms with Gasteiger partial charge in [0, 0.05) is 15.6 Å². The van der Waals surface area contributed by atoms with Gasteiger partial charge in [0.05, 0.1) is 6.21 Å². The van der Waals surface area contributed by atoms with Crippen LogP contribution in [-0.2, 0) is 5.41 Å². The zero-order chi connectivity index (χ0) is 16.2. The first-order valence-electron chi connectivity index (χ1n) is 7.06. The SMILES string of the molecule is CC(C)(C)c1ccc(C(=O)N/N=C\c2ccccc2Br)cc1. The molecular weight excluding hydrogens is 340 g/mol. The number of hydrogen-bond donors (Lipinski definition) is 1. The van der Waals surface area contributed by atoms with Crippen molar-refractivity contribution in [1.82, 2.24) is 5.43 Å². The van der Waals surface area contributed by atoms with Crippen molar-refractivity contribution in [2.45, 2.75) is 26.2 Å². The lowest BCUT2D eigenvalue weighted by Crippen LogP contribution is -2.18. The highest BCUT2D eigenvalue weighted by molar-refractivity contribution is 9.10. The Morgan fingerprint density at radius 2 is 1.73 bits per heavy atom. The van der Waals surface area contributed by atoms with Gasteiger partial charge in [-0.3, -0.25) is 4.79 Å². The van der Waals surface area contributed by atoms with Crippen LogP contribution >= 0.6 is 15.9 Å². The summed E-state index contributed by atoms with van der Waals surface area (Å²) >= 11 is 3.43. The van der Waals surface area contributed by atoms with E-state index >= 15 is 0 Å². The lowest BCUT2D eigenvalue weighted by atomic mass is 9.87. The molecule has 1 amide bonds. The second-order valence-corrected chi connectivity index (χ2v) is 6.90. The summed E-state index contributed by atoms with van der Waals surface area (Å²) in [5.74, 6) is -0.219. The number of benzene rings is 2. The van der Waals surface area contributed by atoms with Crippen molar-refractivity contribution in [3.63, 3.8) is 0 Å². The Balaban J connectivity index is 2.02. The summed E-state index contributed by atoms with van der Waals surface area (Å²) in [6, 6.07) is 15.3. The highest BCUT2D eigenvalue weighted by atomic mass is 79.9. The number of carbonyl (C=O) groups is 1. The average Bonchev–Trinajstić information content (AvgIpc) is 2.48.